The zero-order valence-corrected chi connectivity index (χ0v) is 14.9. The molecule has 0 bridgehead atoms. The van der Waals surface area contributed by atoms with Gasteiger partial charge in [-0.3, -0.25) is 0 Å². The van der Waals surface area contributed by atoms with Crippen molar-refractivity contribution in [1.29, 1.82) is 0 Å². The number of aliphatic imine (C=N–C) groups is 1. The zero-order valence-electron chi connectivity index (χ0n) is 11.8. The molecule has 0 amide bonds. The van der Waals surface area contributed by atoms with E-state index >= 15 is 0 Å². The first kappa shape index (κ1) is 17.2. The third-order valence-electron chi connectivity index (χ3n) is 2.39. The van der Waals surface area contributed by atoms with Gasteiger partial charge in [0.1, 0.15) is 0 Å². The molecule has 1 rings (SSSR count). The largest absolute Gasteiger partial charge is 0.347 e. The summed E-state index contributed by atoms with van der Waals surface area (Å²) in [5.74, 6) is 0.652. The Hall–Kier alpha value is 0.160. The second-order valence-electron chi connectivity index (χ2n) is 4.56. The Bertz CT molecular complexity index is 451. The summed E-state index contributed by atoms with van der Waals surface area (Å²) < 4.78 is 11.4. The topological polar surface area (TPSA) is 46.8 Å². The van der Waals surface area contributed by atoms with E-state index in [-0.39, 0.29) is 5.84 Å². The van der Waals surface area contributed by atoms with Crippen LogP contribution in [0.1, 0.15) is 0 Å². The smallest absolute Gasteiger partial charge is 0.250 e. The summed E-state index contributed by atoms with van der Waals surface area (Å²) in [7, 11) is 8.92. The Morgan fingerprint density at radius 3 is 1.74 bits per heavy atom. The lowest BCUT2D eigenvalue weighted by molar-refractivity contribution is 0.555. The molecule has 0 N–H and O–H groups in total. The fraction of sp³-hybridized carbons (Fsp3) is 0.778. The highest BCUT2D eigenvalue weighted by molar-refractivity contribution is 7.60. The molecule has 0 radical (unpaired) electrons. The predicted molar refractivity (Wildman–Crippen MR) is 85.6 cm³/mol. The van der Waals surface area contributed by atoms with Crippen LogP contribution in [0.15, 0.2) is 14.5 Å². The molecule has 10 heteroatoms. The predicted octanol–water partition coefficient (Wildman–Crippen LogP) is 2.76. The van der Waals surface area contributed by atoms with E-state index in [4.69, 9.17) is 34.8 Å². The van der Waals surface area contributed by atoms with Gasteiger partial charge >= 0.3 is 0 Å². The van der Waals surface area contributed by atoms with Crippen molar-refractivity contribution in [3.8, 4) is 0 Å². The Labute approximate surface area is 129 Å². The van der Waals surface area contributed by atoms with E-state index < -0.39 is 11.3 Å². The first-order chi connectivity index (χ1) is 8.50. The molecule has 0 atom stereocenters. The monoisotopic (exact) mass is 346 g/mol. The molecule has 110 valence electrons. The van der Waals surface area contributed by atoms with E-state index in [1.165, 1.54) is 0 Å². The van der Waals surface area contributed by atoms with Crippen LogP contribution >= 0.6 is 42.3 Å². The van der Waals surface area contributed by atoms with E-state index in [0.29, 0.717) is 5.96 Å². The standard InChI is InChI=1S/C9H18Cl3N6P/c1-16(2)8-13-7(9(10,11)12)14-19(15-8,17(3)4)18(5)6/h1-6H3. The lowest BCUT2D eigenvalue weighted by Gasteiger charge is -2.35. The molecule has 1 aliphatic heterocycles. The number of nitrogens with zero attached hydrogens (tertiary/aromatic N) is 6. The molecule has 0 aromatic carbocycles. The molecule has 0 fully saturated rings. The number of alkyl halides is 3. The summed E-state index contributed by atoms with van der Waals surface area (Å²) >= 11 is 17.8. The van der Waals surface area contributed by atoms with Gasteiger partial charge in [0.25, 0.3) is 0 Å². The minimum absolute atomic E-state index is 0.159. The molecule has 0 aromatic rings. The summed E-state index contributed by atoms with van der Waals surface area (Å²) in [6.45, 7) is 0. The van der Waals surface area contributed by atoms with E-state index in [2.05, 4.69) is 14.5 Å². The van der Waals surface area contributed by atoms with Crippen molar-refractivity contribution in [3.63, 3.8) is 0 Å². The molecule has 19 heavy (non-hydrogen) atoms. The van der Waals surface area contributed by atoms with E-state index in [0.717, 1.165) is 0 Å². The molecule has 6 nitrogen and oxygen atoms in total. The normalized spacial score (nSPS) is 19.1. The van der Waals surface area contributed by atoms with Crippen LogP contribution in [-0.4, -0.2) is 72.1 Å². The van der Waals surface area contributed by atoms with Gasteiger partial charge in [0.2, 0.25) is 17.3 Å². The number of guanidine groups is 1. The minimum Gasteiger partial charge on any atom is -0.347 e. The fourth-order valence-electron chi connectivity index (χ4n) is 1.43. The fourth-order valence-corrected chi connectivity index (χ4v) is 4.25. The van der Waals surface area contributed by atoms with Gasteiger partial charge < -0.3 is 4.90 Å². The van der Waals surface area contributed by atoms with Gasteiger partial charge in [-0.1, -0.05) is 34.8 Å². The van der Waals surface area contributed by atoms with E-state index in [1.54, 1.807) is 4.90 Å². The van der Waals surface area contributed by atoms with Gasteiger partial charge in [0, 0.05) is 14.1 Å². The lowest BCUT2D eigenvalue weighted by Crippen LogP contribution is -2.32. The van der Waals surface area contributed by atoms with Crippen molar-refractivity contribution in [1.82, 2.24) is 14.2 Å². The van der Waals surface area contributed by atoms with Crippen LogP contribution in [0, 0.1) is 0 Å². The van der Waals surface area contributed by atoms with Crippen molar-refractivity contribution < 1.29 is 0 Å². The molecule has 1 heterocycles. The van der Waals surface area contributed by atoms with Gasteiger partial charge in [-0.25, -0.2) is 9.34 Å². The molecule has 0 aliphatic carbocycles. The second-order valence-corrected chi connectivity index (χ2v) is 9.91. The van der Waals surface area contributed by atoms with Gasteiger partial charge in [-0.15, -0.1) is 0 Å². The summed E-state index contributed by atoms with van der Waals surface area (Å²) in [6.07, 6.45) is 0. The number of hydrogen-bond donors (Lipinski definition) is 0. The van der Waals surface area contributed by atoms with Crippen LogP contribution in [0.4, 0.5) is 0 Å². The molecule has 0 saturated heterocycles. The summed E-state index contributed by atoms with van der Waals surface area (Å²) in [5.41, 5.74) is 0. The molecule has 0 unspecified atom stereocenters. The third kappa shape index (κ3) is 3.63. The molecular weight excluding hydrogens is 329 g/mol. The molecular formula is C9H18Cl3N6P. The van der Waals surface area contributed by atoms with Crippen molar-refractivity contribution in [3.05, 3.63) is 0 Å². The maximum absolute atomic E-state index is 5.93. The highest BCUT2D eigenvalue weighted by atomic mass is 35.6. The molecule has 0 spiro atoms. The Balaban J connectivity index is 3.55. The van der Waals surface area contributed by atoms with Gasteiger partial charge in [-0.2, -0.15) is 14.5 Å². The van der Waals surface area contributed by atoms with Gasteiger partial charge in [0.15, 0.2) is 5.84 Å². The third-order valence-corrected chi connectivity index (χ3v) is 5.94. The van der Waals surface area contributed by atoms with Crippen molar-refractivity contribution in [2.45, 2.75) is 3.79 Å². The first-order valence-corrected chi connectivity index (χ1v) is 8.15. The Kier molecular flexibility index (Phi) is 5.33. The highest BCUT2D eigenvalue weighted by Gasteiger charge is 2.37. The zero-order chi connectivity index (χ0) is 15.0. The van der Waals surface area contributed by atoms with Crippen molar-refractivity contribution >= 4 is 54.1 Å². The van der Waals surface area contributed by atoms with Gasteiger partial charge in [0.05, 0.1) is 0 Å². The quantitative estimate of drug-likeness (QED) is 0.570. The molecule has 0 aromatic heterocycles. The average Bonchev–Trinajstić information content (AvgIpc) is 2.26. The Morgan fingerprint density at radius 2 is 1.42 bits per heavy atom. The van der Waals surface area contributed by atoms with Crippen LogP contribution < -0.4 is 0 Å². The number of rotatable bonds is 2. The van der Waals surface area contributed by atoms with Crippen molar-refractivity contribution in [2.24, 2.45) is 14.5 Å². The maximum Gasteiger partial charge on any atom is 0.250 e. The SMILES string of the molecule is CN(C)C1=NC(C(Cl)(Cl)Cl)=NP(N(C)C)(N(C)C)=N1. The summed E-state index contributed by atoms with van der Waals surface area (Å²) in [5, 5.41) is 0. The van der Waals surface area contributed by atoms with Crippen molar-refractivity contribution in [2.75, 3.05) is 42.3 Å². The van der Waals surface area contributed by atoms with Crippen LogP contribution in [0.25, 0.3) is 0 Å². The van der Waals surface area contributed by atoms with Crippen LogP contribution in [0.2, 0.25) is 0 Å². The Morgan fingerprint density at radius 1 is 0.947 bits per heavy atom. The lowest BCUT2D eigenvalue weighted by atomic mass is 10.6. The summed E-state index contributed by atoms with van der Waals surface area (Å²) in [6, 6.07) is 0. The van der Waals surface area contributed by atoms with Crippen LogP contribution in [0.3, 0.4) is 0 Å². The second kappa shape index (κ2) is 5.88. The highest BCUT2D eigenvalue weighted by Crippen LogP contribution is 2.57. The number of hydrogen-bond acceptors (Lipinski definition) is 6. The minimum atomic E-state index is -2.34. The van der Waals surface area contributed by atoms with E-state index in [1.807, 2.05) is 51.6 Å². The maximum atomic E-state index is 5.93. The van der Waals surface area contributed by atoms with Crippen LogP contribution in [-0.2, 0) is 0 Å². The first-order valence-electron chi connectivity index (χ1n) is 5.42. The number of halogens is 3. The average molecular weight is 348 g/mol. The van der Waals surface area contributed by atoms with Crippen LogP contribution in [0.5, 0.6) is 0 Å². The molecule has 0 saturated carbocycles. The molecule has 1 aliphatic rings. The van der Waals surface area contributed by atoms with E-state index in [9.17, 15) is 0 Å². The summed E-state index contributed by atoms with van der Waals surface area (Å²) in [4.78, 5) is 5.99. The number of amidine groups is 1. The van der Waals surface area contributed by atoms with Gasteiger partial charge in [-0.05, 0) is 28.2 Å².